The Hall–Kier alpha value is -0.680. The van der Waals surface area contributed by atoms with Crippen molar-refractivity contribution in [3.63, 3.8) is 0 Å². The van der Waals surface area contributed by atoms with E-state index in [0.29, 0.717) is 0 Å². The third-order valence-electron chi connectivity index (χ3n) is 3.11. The molecule has 1 atom stereocenters. The zero-order valence-corrected chi connectivity index (χ0v) is 13.8. The average molecular weight is 384 g/mol. The van der Waals surface area contributed by atoms with E-state index < -0.39 is 0 Å². The molecule has 0 aromatic heterocycles. The number of benzene rings is 2. The fourth-order valence-corrected chi connectivity index (χ4v) is 3.27. The van der Waals surface area contributed by atoms with E-state index in [1.54, 1.807) is 0 Å². The molecule has 19 heavy (non-hydrogen) atoms. The van der Waals surface area contributed by atoms with Crippen LogP contribution in [-0.2, 0) is 6.42 Å². The Kier molecular flexibility index (Phi) is 5.16. The summed E-state index contributed by atoms with van der Waals surface area (Å²) in [6.45, 7) is 2.08. The first kappa shape index (κ1) is 14.7. The molecule has 0 heterocycles. The summed E-state index contributed by atoms with van der Waals surface area (Å²) < 4.78 is 2.20. The molecule has 0 aliphatic rings. The van der Waals surface area contributed by atoms with Gasteiger partial charge in [0.2, 0.25) is 0 Å². The predicted molar refractivity (Wildman–Crippen MR) is 86.8 cm³/mol. The van der Waals surface area contributed by atoms with Gasteiger partial charge in [-0.25, -0.2) is 0 Å². The van der Waals surface area contributed by atoms with Crippen LogP contribution in [-0.4, -0.2) is 0 Å². The molecule has 0 aliphatic carbocycles. The van der Waals surface area contributed by atoms with Crippen LogP contribution >= 0.6 is 31.9 Å². The van der Waals surface area contributed by atoms with Gasteiger partial charge in [0, 0.05) is 8.95 Å². The SMILES string of the molecule is Cc1ccc(C(Cc2ccccc2Br)NN)c(Br)c1. The molecule has 2 aromatic carbocycles. The number of nitrogens with two attached hydrogens (primary N) is 1. The molecule has 2 nitrogen and oxygen atoms in total. The molecule has 0 saturated heterocycles. The largest absolute Gasteiger partial charge is 0.271 e. The molecular weight excluding hydrogens is 368 g/mol. The van der Waals surface area contributed by atoms with E-state index in [-0.39, 0.29) is 6.04 Å². The van der Waals surface area contributed by atoms with E-state index in [0.717, 1.165) is 15.4 Å². The van der Waals surface area contributed by atoms with Gasteiger partial charge < -0.3 is 0 Å². The predicted octanol–water partition coefficient (Wildman–Crippen LogP) is 4.27. The Morgan fingerprint density at radius 3 is 2.47 bits per heavy atom. The molecule has 0 spiro atoms. The molecule has 2 rings (SSSR count). The fraction of sp³-hybridized carbons (Fsp3) is 0.200. The molecule has 2 aromatic rings. The van der Waals surface area contributed by atoms with Crippen LogP contribution in [0, 0.1) is 6.92 Å². The van der Waals surface area contributed by atoms with Crippen molar-refractivity contribution in [3.8, 4) is 0 Å². The second kappa shape index (κ2) is 6.66. The Bertz CT molecular complexity index is 570. The summed E-state index contributed by atoms with van der Waals surface area (Å²) in [5.74, 6) is 5.72. The van der Waals surface area contributed by atoms with Crippen LogP contribution < -0.4 is 11.3 Å². The maximum atomic E-state index is 5.72. The van der Waals surface area contributed by atoms with Gasteiger partial charge in [0.15, 0.2) is 0 Å². The second-order valence-corrected chi connectivity index (χ2v) is 6.25. The smallest absolute Gasteiger partial charge is 0.0511 e. The number of aryl methyl sites for hydroxylation is 1. The van der Waals surface area contributed by atoms with Gasteiger partial charge in [-0.1, -0.05) is 62.2 Å². The summed E-state index contributed by atoms with van der Waals surface area (Å²) in [4.78, 5) is 0. The molecular formula is C15H16Br2N2. The van der Waals surface area contributed by atoms with Gasteiger partial charge in [0.25, 0.3) is 0 Å². The molecule has 0 amide bonds. The Morgan fingerprint density at radius 1 is 1.11 bits per heavy atom. The Labute approximate surface area is 130 Å². The standard InChI is InChI=1S/C15H16Br2N2/c1-10-6-7-12(14(17)8-10)15(19-18)9-11-4-2-3-5-13(11)16/h2-8,15,19H,9,18H2,1H3. The molecule has 0 radical (unpaired) electrons. The lowest BCUT2D eigenvalue weighted by molar-refractivity contribution is 0.549. The fourth-order valence-electron chi connectivity index (χ4n) is 2.06. The van der Waals surface area contributed by atoms with Gasteiger partial charge >= 0.3 is 0 Å². The van der Waals surface area contributed by atoms with Crippen LogP contribution in [0.2, 0.25) is 0 Å². The van der Waals surface area contributed by atoms with Gasteiger partial charge in [-0.05, 0) is 42.2 Å². The number of hydrazine groups is 1. The van der Waals surface area contributed by atoms with E-state index >= 15 is 0 Å². The molecule has 4 heteroatoms. The van der Waals surface area contributed by atoms with Gasteiger partial charge in [0.1, 0.15) is 0 Å². The highest BCUT2D eigenvalue weighted by Crippen LogP contribution is 2.28. The van der Waals surface area contributed by atoms with Gasteiger partial charge in [-0.3, -0.25) is 11.3 Å². The molecule has 0 aliphatic heterocycles. The van der Waals surface area contributed by atoms with Crippen molar-refractivity contribution in [1.82, 2.24) is 5.43 Å². The lowest BCUT2D eigenvalue weighted by Crippen LogP contribution is -2.30. The second-order valence-electron chi connectivity index (χ2n) is 4.54. The highest BCUT2D eigenvalue weighted by atomic mass is 79.9. The van der Waals surface area contributed by atoms with Crippen LogP contribution in [0.3, 0.4) is 0 Å². The summed E-state index contributed by atoms with van der Waals surface area (Å²) in [5, 5.41) is 0. The highest BCUT2D eigenvalue weighted by molar-refractivity contribution is 9.10. The zero-order chi connectivity index (χ0) is 13.8. The monoisotopic (exact) mass is 382 g/mol. The Balaban J connectivity index is 2.28. The third-order valence-corrected chi connectivity index (χ3v) is 4.57. The van der Waals surface area contributed by atoms with Crippen LogP contribution in [0.5, 0.6) is 0 Å². The van der Waals surface area contributed by atoms with Crippen molar-refractivity contribution < 1.29 is 0 Å². The van der Waals surface area contributed by atoms with Gasteiger partial charge in [-0.15, -0.1) is 0 Å². The van der Waals surface area contributed by atoms with Crippen LogP contribution in [0.1, 0.15) is 22.7 Å². The first-order valence-electron chi connectivity index (χ1n) is 6.07. The molecule has 0 saturated carbocycles. The van der Waals surface area contributed by atoms with E-state index in [4.69, 9.17) is 5.84 Å². The highest BCUT2D eigenvalue weighted by Gasteiger charge is 2.15. The summed E-state index contributed by atoms with van der Waals surface area (Å²) >= 11 is 7.19. The number of rotatable bonds is 4. The van der Waals surface area contributed by atoms with E-state index in [1.807, 2.05) is 18.2 Å². The van der Waals surface area contributed by atoms with Crippen molar-refractivity contribution in [2.75, 3.05) is 0 Å². The Morgan fingerprint density at radius 2 is 1.84 bits per heavy atom. The summed E-state index contributed by atoms with van der Waals surface area (Å²) in [7, 11) is 0. The first-order valence-corrected chi connectivity index (χ1v) is 7.66. The van der Waals surface area contributed by atoms with Crippen molar-refractivity contribution in [1.29, 1.82) is 0 Å². The van der Waals surface area contributed by atoms with E-state index in [2.05, 4.69) is 68.5 Å². The molecule has 100 valence electrons. The van der Waals surface area contributed by atoms with Crippen LogP contribution in [0.4, 0.5) is 0 Å². The molecule has 3 N–H and O–H groups in total. The zero-order valence-electron chi connectivity index (χ0n) is 10.7. The quantitative estimate of drug-likeness (QED) is 0.611. The lowest BCUT2D eigenvalue weighted by Gasteiger charge is -2.19. The van der Waals surface area contributed by atoms with Gasteiger partial charge in [0.05, 0.1) is 6.04 Å². The summed E-state index contributed by atoms with van der Waals surface area (Å²) in [6, 6.07) is 14.6. The molecule has 1 unspecified atom stereocenters. The van der Waals surface area contributed by atoms with Crippen molar-refractivity contribution >= 4 is 31.9 Å². The minimum atomic E-state index is 0.0775. The minimum absolute atomic E-state index is 0.0775. The van der Waals surface area contributed by atoms with Gasteiger partial charge in [-0.2, -0.15) is 0 Å². The van der Waals surface area contributed by atoms with E-state index in [9.17, 15) is 0 Å². The van der Waals surface area contributed by atoms with E-state index in [1.165, 1.54) is 16.7 Å². The topological polar surface area (TPSA) is 38.0 Å². The maximum absolute atomic E-state index is 5.72. The lowest BCUT2D eigenvalue weighted by atomic mass is 9.98. The van der Waals surface area contributed by atoms with Crippen molar-refractivity contribution in [2.24, 2.45) is 5.84 Å². The third kappa shape index (κ3) is 3.66. The molecule has 0 fully saturated rings. The minimum Gasteiger partial charge on any atom is -0.271 e. The maximum Gasteiger partial charge on any atom is 0.0511 e. The number of nitrogens with one attached hydrogen (secondary N) is 1. The normalized spacial score (nSPS) is 12.4. The number of halogens is 2. The van der Waals surface area contributed by atoms with Crippen molar-refractivity contribution in [3.05, 3.63) is 68.1 Å². The molecule has 0 bridgehead atoms. The first-order chi connectivity index (χ1) is 9.11. The summed E-state index contributed by atoms with van der Waals surface area (Å²) in [5.41, 5.74) is 6.54. The van der Waals surface area contributed by atoms with Crippen molar-refractivity contribution in [2.45, 2.75) is 19.4 Å². The number of hydrogen-bond acceptors (Lipinski definition) is 2. The van der Waals surface area contributed by atoms with Crippen LogP contribution in [0.15, 0.2) is 51.4 Å². The summed E-state index contributed by atoms with van der Waals surface area (Å²) in [6.07, 6.45) is 0.833. The number of hydrogen-bond donors (Lipinski definition) is 2. The average Bonchev–Trinajstić information content (AvgIpc) is 2.39. The van der Waals surface area contributed by atoms with Crippen LogP contribution in [0.25, 0.3) is 0 Å².